The lowest BCUT2D eigenvalue weighted by Crippen LogP contribution is -2.49. The third-order valence-electron chi connectivity index (χ3n) is 5.27. The highest BCUT2D eigenvalue weighted by molar-refractivity contribution is 6.09. The van der Waals surface area contributed by atoms with Gasteiger partial charge in [0.25, 0.3) is 5.91 Å². The summed E-state index contributed by atoms with van der Waals surface area (Å²) in [7, 11) is 4.03. The number of benzene rings is 1. The summed E-state index contributed by atoms with van der Waals surface area (Å²) in [5.41, 5.74) is 1.40. The van der Waals surface area contributed by atoms with E-state index in [-0.39, 0.29) is 18.4 Å². The van der Waals surface area contributed by atoms with Gasteiger partial charge in [0, 0.05) is 13.1 Å². The van der Waals surface area contributed by atoms with Crippen LogP contribution in [0.5, 0.6) is 0 Å². The molecule has 7 nitrogen and oxygen atoms in total. The molecule has 1 spiro atoms. The maximum atomic E-state index is 12.7. The zero-order chi connectivity index (χ0) is 19.4. The molecular formula is C20H28N4O3. The van der Waals surface area contributed by atoms with E-state index in [1.54, 1.807) is 0 Å². The van der Waals surface area contributed by atoms with E-state index in [1.807, 2.05) is 38.4 Å². The Kier molecular flexibility index (Phi) is 5.79. The Morgan fingerprint density at radius 2 is 1.74 bits per heavy atom. The summed E-state index contributed by atoms with van der Waals surface area (Å²) in [6.45, 7) is 1.00. The van der Waals surface area contributed by atoms with Gasteiger partial charge in [0.1, 0.15) is 12.1 Å². The van der Waals surface area contributed by atoms with Gasteiger partial charge >= 0.3 is 6.03 Å². The van der Waals surface area contributed by atoms with Crippen LogP contribution in [0.25, 0.3) is 0 Å². The van der Waals surface area contributed by atoms with Crippen LogP contribution < -0.4 is 10.6 Å². The van der Waals surface area contributed by atoms with E-state index < -0.39 is 11.6 Å². The number of carbonyl (C=O) groups is 3. The number of hydrogen-bond donors (Lipinski definition) is 2. The first-order valence-corrected chi connectivity index (χ1v) is 9.53. The maximum absolute atomic E-state index is 12.7. The highest BCUT2D eigenvalue weighted by Crippen LogP contribution is 2.33. The largest absolute Gasteiger partial charge is 0.350 e. The number of imide groups is 1. The van der Waals surface area contributed by atoms with Crippen LogP contribution in [0.2, 0.25) is 0 Å². The first-order valence-electron chi connectivity index (χ1n) is 9.53. The summed E-state index contributed by atoms with van der Waals surface area (Å²) >= 11 is 0. The third kappa shape index (κ3) is 4.47. The molecule has 0 bridgehead atoms. The van der Waals surface area contributed by atoms with Crippen LogP contribution in [0.4, 0.5) is 4.79 Å². The lowest BCUT2D eigenvalue weighted by molar-refractivity contribution is -0.135. The zero-order valence-corrected chi connectivity index (χ0v) is 16.1. The van der Waals surface area contributed by atoms with E-state index in [0.29, 0.717) is 19.4 Å². The number of rotatable bonds is 6. The summed E-state index contributed by atoms with van der Waals surface area (Å²) in [5.74, 6) is -0.584. The van der Waals surface area contributed by atoms with Crippen LogP contribution in [-0.2, 0) is 22.7 Å². The van der Waals surface area contributed by atoms with Gasteiger partial charge in [-0.25, -0.2) is 4.79 Å². The van der Waals surface area contributed by atoms with Gasteiger partial charge in [-0.2, -0.15) is 0 Å². The van der Waals surface area contributed by atoms with Crippen LogP contribution >= 0.6 is 0 Å². The molecule has 1 aliphatic carbocycles. The van der Waals surface area contributed by atoms with Crippen molar-refractivity contribution in [2.75, 3.05) is 20.6 Å². The van der Waals surface area contributed by atoms with Crippen molar-refractivity contribution in [3.63, 3.8) is 0 Å². The molecule has 0 atom stereocenters. The fourth-order valence-electron chi connectivity index (χ4n) is 3.84. The predicted octanol–water partition coefficient (Wildman–Crippen LogP) is 1.62. The topological polar surface area (TPSA) is 81.8 Å². The SMILES string of the molecule is CN(C)Cc1ccc(CNC(=O)CN2C(=O)NC3(CCCCC3)C2=O)cc1. The Bertz CT molecular complexity index is 708. The van der Waals surface area contributed by atoms with Gasteiger partial charge in [-0.1, -0.05) is 43.5 Å². The van der Waals surface area contributed by atoms with E-state index in [1.165, 1.54) is 5.56 Å². The summed E-state index contributed by atoms with van der Waals surface area (Å²) in [6.07, 6.45) is 4.26. The molecule has 1 saturated heterocycles. The van der Waals surface area contributed by atoms with Crippen molar-refractivity contribution in [3.8, 4) is 0 Å². The van der Waals surface area contributed by atoms with Crippen LogP contribution in [0.1, 0.15) is 43.2 Å². The smallest absolute Gasteiger partial charge is 0.325 e. The average Bonchev–Trinajstić information content (AvgIpc) is 2.85. The van der Waals surface area contributed by atoms with Crippen molar-refractivity contribution >= 4 is 17.8 Å². The van der Waals surface area contributed by atoms with E-state index in [9.17, 15) is 14.4 Å². The molecule has 1 aromatic rings. The molecule has 0 unspecified atom stereocenters. The quantitative estimate of drug-likeness (QED) is 0.744. The van der Waals surface area contributed by atoms with Gasteiger partial charge in [0.05, 0.1) is 0 Å². The highest BCUT2D eigenvalue weighted by Gasteiger charge is 2.51. The molecule has 27 heavy (non-hydrogen) atoms. The van der Waals surface area contributed by atoms with E-state index in [0.717, 1.165) is 36.3 Å². The second-order valence-electron chi connectivity index (χ2n) is 7.80. The van der Waals surface area contributed by atoms with Crippen LogP contribution in [0.15, 0.2) is 24.3 Å². The van der Waals surface area contributed by atoms with Crippen molar-refractivity contribution in [2.45, 2.75) is 50.7 Å². The van der Waals surface area contributed by atoms with Gasteiger partial charge in [0.2, 0.25) is 5.91 Å². The summed E-state index contributed by atoms with van der Waals surface area (Å²) in [5, 5.41) is 5.62. The lowest BCUT2D eigenvalue weighted by atomic mass is 9.82. The summed E-state index contributed by atoms with van der Waals surface area (Å²) in [6, 6.07) is 7.57. The van der Waals surface area contributed by atoms with Crippen molar-refractivity contribution in [3.05, 3.63) is 35.4 Å². The fourth-order valence-corrected chi connectivity index (χ4v) is 3.84. The summed E-state index contributed by atoms with van der Waals surface area (Å²) < 4.78 is 0. The van der Waals surface area contributed by atoms with Crippen LogP contribution in [0.3, 0.4) is 0 Å². The van der Waals surface area contributed by atoms with E-state index >= 15 is 0 Å². The van der Waals surface area contributed by atoms with Gasteiger partial charge in [-0.15, -0.1) is 0 Å². The minimum atomic E-state index is -0.780. The van der Waals surface area contributed by atoms with Gasteiger partial charge in [-0.3, -0.25) is 14.5 Å². The van der Waals surface area contributed by atoms with Crippen LogP contribution in [0, 0.1) is 0 Å². The molecule has 0 aromatic heterocycles. The zero-order valence-electron chi connectivity index (χ0n) is 16.1. The normalized spacial score (nSPS) is 18.9. The molecule has 1 aromatic carbocycles. The second kappa shape index (κ2) is 8.08. The number of nitrogens with one attached hydrogen (secondary N) is 2. The number of nitrogens with zero attached hydrogens (tertiary/aromatic N) is 2. The first-order chi connectivity index (χ1) is 12.9. The van der Waals surface area contributed by atoms with E-state index in [4.69, 9.17) is 0 Å². The van der Waals surface area contributed by atoms with Crippen molar-refractivity contribution in [1.82, 2.24) is 20.4 Å². The minimum Gasteiger partial charge on any atom is -0.350 e. The average molecular weight is 372 g/mol. The van der Waals surface area contributed by atoms with Gasteiger partial charge in [0.15, 0.2) is 0 Å². The third-order valence-corrected chi connectivity index (χ3v) is 5.27. The molecule has 3 rings (SSSR count). The Hall–Kier alpha value is -2.41. The number of urea groups is 1. The van der Waals surface area contributed by atoms with Crippen molar-refractivity contribution in [2.24, 2.45) is 0 Å². The molecule has 2 fully saturated rings. The molecule has 1 saturated carbocycles. The van der Waals surface area contributed by atoms with Crippen molar-refractivity contribution in [1.29, 1.82) is 0 Å². The van der Waals surface area contributed by atoms with Gasteiger partial charge in [-0.05, 0) is 38.1 Å². The Balaban J connectivity index is 1.52. The number of carbonyl (C=O) groups excluding carboxylic acids is 3. The molecule has 1 aliphatic heterocycles. The number of hydrogen-bond acceptors (Lipinski definition) is 4. The molecule has 146 valence electrons. The van der Waals surface area contributed by atoms with Crippen molar-refractivity contribution < 1.29 is 14.4 Å². The fraction of sp³-hybridized carbons (Fsp3) is 0.550. The second-order valence-corrected chi connectivity index (χ2v) is 7.80. The van der Waals surface area contributed by atoms with Crippen LogP contribution in [-0.4, -0.2) is 53.8 Å². The standard InChI is InChI=1S/C20H28N4O3/c1-23(2)13-16-8-6-15(7-9-16)12-21-17(25)14-24-18(26)20(22-19(24)27)10-4-3-5-11-20/h6-9H,3-5,10-14H2,1-2H3,(H,21,25)(H,22,27). The number of amides is 4. The molecule has 2 aliphatic rings. The molecular weight excluding hydrogens is 344 g/mol. The molecule has 7 heteroatoms. The predicted molar refractivity (Wildman–Crippen MR) is 102 cm³/mol. The molecule has 4 amide bonds. The monoisotopic (exact) mass is 372 g/mol. The Morgan fingerprint density at radius 3 is 2.37 bits per heavy atom. The molecule has 1 heterocycles. The Morgan fingerprint density at radius 1 is 1.11 bits per heavy atom. The minimum absolute atomic E-state index is 0.231. The summed E-state index contributed by atoms with van der Waals surface area (Å²) in [4.78, 5) is 40.3. The highest BCUT2D eigenvalue weighted by atomic mass is 16.2. The lowest BCUT2D eigenvalue weighted by Gasteiger charge is -2.30. The Labute approximate surface area is 160 Å². The van der Waals surface area contributed by atoms with E-state index in [2.05, 4.69) is 15.5 Å². The maximum Gasteiger partial charge on any atom is 0.325 e. The molecule has 0 radical (unpaired) electrons. The molecule has 2 N–H and O–H groups in total. The van der Waals surface area contributed by atoms with Gasteiger partial charge < -0.3 is 15.5 Å². The first kappa shape index (κ1) is 19.4.